The molecule has 32 heavy (non-hydrogen) atoms. The summed E-state index contributed by atoms with van der Waals surface area (Å²) in [5, 5.41) is 11.1. The molecule has 0 saturated carbocycles. The third kappa shape index (κ3) is 2.80. The van der Waals surface area contributed by atoms with Gasteiger partial charge in [0.2, 0.25) is 5.95 Å². The Bertz CT molecular complexity index is 1530. The van der Waals surface area contributed by atoms with Crippen LogP contribution < -0.4 is 0 Å². The summed E-state index contributed by atoms with van der Waals surface area (Å²) in [4.78, 5) is 0. The summed E-state index contributed by atoms with van der Waals surface area (Å²) < 4.78 is 32.1. The number of aromatic nitrogens is 4. The van der Waals surface area contributed by atoms with Gasteiger partial charge in [0.1, 0.15) is 11.6 Å². The summed E-state index contributed by atoms with van der Waals surface area (Å²) in [5.41, 5.74) is 2.96. The van der Waals surface area contributed by atoms with Gasteiger partial charge in [0.25, 0.3) is 0 Å². The second kappa shape index (κ2) is 7.13. The van der Waals surface area contributed by atoms with Crippen molar-refractivity contribution in [2.75, 3.05) is 0 Å². The van der Waals surface area contributed by atoms with Crippen LogP contribution in [0.1, 0.15) is 0 Å². The van der Waals surface area contributed by atoms with Crippen molar-refractivity contribution in [1.82, 2.24) is 19.3 Å². The molecule has 4 aromatic carbocycles. The summed E-state index contributed by atoms with van der Waals surface area (Å²) in [5.74, 6) is -0.388. The number of hydrogen-bond donors (Lipinski definition) is 0. The first-order valence-corrected chi connectivity index (χ1v) is 10.2. The Morgan fingerprint density at radius 2 is 1.12 bits per heavy atom. The first-order valence-electron chi connectivity index (χ1n) is 10.2. The summed E-state index contributed by atoms with van der Waals surface area (Å²) in [6.07, 6.45) is 0. The normalized spacial score (nSPS) is 11.4. The smallest absolute Gasteiger partial charge is 0.241 e. The van der Waals surface area contributed by atoms with Crippen LogP contribution >= 0.6 is 0 Å². The van der Waals surface area contributed by atoms with Crippen LogP contribution in [0.15, 0.2) is 97.1 Å². The van der Waals surface area contributed by atoms with Crippen molar-refractivity contribution in [3.8, 4) is 23.0 Å². The summed E-state index contributed by atoms with van der Waals surface area (Å²) in [7, 11) is 0. The van der Waals surface area contributed by atoms with E-state index in [1.165, 1.54) is 12.1 Å². The molecule has 0 radical (unpaired) electrons. The van der Waals surface area contributed by atoms with Crippen molar-refractivity contribution in [3.63, 3.8) is 0 Å². The maximum absolute atomic E-state index is 14.2. The van der Waals surface area contributed by atoms with Crippen LogP contribution in [0.5, 0.6) is 0 Å². The Morgan fingerprint density at radius 1 is 0.562 bits per heavy atom. The van der Waals surface area contributed by atoms with Gasteiger partial charge in [-0.1, -0.05) is 66.7 Å². The van der Waals surface area contributed by atoms with Gasteiger partial charge in [0.15, 0.2) is 5.82 Å². The second-order valence-corrected chi connectivity index (χ2v) is 7.52. The van der Waals surface area contributed by atoms with E-state index in [4.69, 9.17) is 0 Å². The Morgan fingerprint density at radius 3 is 1.75 bits per heavy atom. The minimum Gasteiger partial charge on any atom is -0.278 e. The Kier molecular flexibility index (Phi) is 4.11. The molecule has 0 amide bonds. The van der Waals surface area contributed by atoms with Gasteiger partial charge in [-0.15, -0.1) is 10.2 Å². The SMILES string of the molecule is Fc1cc(F)cc(-n2c(-c3ccccc3)nnc2-n2c3ccccc3c3ccccc32)c1. The molecule has 0 fully saturated rings. The number of benzene rings is 4. The van der Waals surface area contributed by atoms with Gasteiger partial charge in [-0.2, -0.15) is 0 Å². The molecule has 2 heterocycles. The van der Waals surface area contributed by atoms with E-state index in [-0.39, 0.29) is 0 Å². The van der Waals surface area contributed by atoms with Crippen molar-refractivity contribution in [2.24, 2.45) is 0 Å². The molecule has 2 aromatic heterocycles. The number of nitrogens with zero attached hydrogens (tertiary/aromatic N) is 4. The molecule has 0 atom stereocenters. The number of rotatable bonds is 3. The van der Waals surface area contributed by atoms with Crippen molar-refractivity contribution >= 4 is 21.8 Å². The van der Waals surface area contributed by atoms with Gasteiger partial charge in [0, 0.05) is 22.4 Å². The monoisotopic (exact) mass is 422 g/mol. The molecule has 0 aliphatic carbocycles. The van der Waals surface area contributed by atoms with Crippen LogP contribution in [0.25, 0.3) is 44.8 Å². The van der Waals surface area contributed by atoms with E-state index in [0.29, 0.717) is 17.5 Å². The molecule has 0 spiro atoms. The number of para-hydroxylation sites is 2. The summed E-state index contributed by atoms with van der Waals surface area (Å²) in [6, 6.07) is 28.9. The van der Waals surface area contributed by atoms with E-state index in [1.54, 1.807) is 4.57 Å². The van der Waals surface area contributed by atoms with Crippen molar-refractivity contribution in [2.45, 2.75) is 0 Å². The lowest BCUT2D eigenvalue weighted by atomic mass is 10.2. The molecule has 154 valence electrons. The lowest BCUT2D eigenvalue weighted by Crippen LogP contribution is -2.07. The highest BCUT2D eigenvalue weighted by Gasteiger charge is 2.21. The van der Waals surface area contributed by atoms with E-state index in [9.17, 15) is 8.78 Å². The van der Waals surface area contributed by atoms with Crippen LogP contribution in [0.2, 0.25) is 0 Å². The Balaban J connectivity index is 1.75. The van der Waals surface area contributed by atoms with Crippen LogP contribution in [-0.2, 0) is 0 Å². The lowest BCUT2D eigenvalue weighted by molar-refractivity contribution is 0.581. The number of halogens is 2. The van der Waals surface area contributed by atoms with E-state index in [0.717, 1.165) is 33.4 Å². The summed E-state index contributed by atoms with van der Waals surface area (Å²) in [6.45, 7) is 0. The quantitative estimate of drug-likeness (QED) is 0.335. The number of hydrogen-bond acceptors (Lipinski definition) is 2. The molecule has 0 aliphatic heterocycles. The lowest BCUT2D eigenvalue weighted by Gasteiger charge is -2.13. The predicted octanol–water partition coefficient (Wildman–Crippen LogP) is 6.31. The average Bonchev–Trinajstić information content (AvgIpc) is 3.38. The molecule has 4 nitrogen and oxygen atoms in total. The highest BCUT2D eigenvalue weighted by molar-refractivity contribution is 6.09. The molecule has 0 aliphatic rings. The minimum absolute atomic E-state index is 0.309. The molecule has 0 unspecified atom stereocenters. The predicted molar refractivity (Wildman–Crippen MR) is 121 cm³/mol. The summed E-state index contributed by atoms with van der Waals surface area (Å²) >= 11 is 0. The first kappa shape index (κ1) is 18.4. The zero-order valence-corrected chi connectivity index (χ0v) is 16.8. The Hall–Kier alpha value is -4.32. The van der Waals surface area contributed by atoms with Crippen LogP contribution in [0.3, 0.4) is 0 Å². The third-order valence-corrected chi connectivity index (χ3v) is 5.56. The molecule has 6 heteroatoms. The Labute approximate surface area is 182 Å². The maximum atomic E-state index is 14.2. The van der Waals surface area contributed by atoms with Crippen LogP contribution in [0.4, 0.5) is 8.78 Å². The van der Waals surface area contributed by atoms with Crippen LogP contribution in [-0.4, -0.2) is 19.3 Å². The molecular weight excluding hydrogens is 406 g/mol. The second-order valence-electron chi connectivity index (χ2n) is 7.52. The van der Waals surface area contributed by atoms with Gasteiger partial charge < -0.3 is 0 Å². The topological polar surface area (TPSA) is 35.6 Å². The standard InChI is InChI=1S/C26H16F2N4/c27-18-14-19(28)16-20(15-18)31-25(17-8-2-1-3-9-17)29-30-26(31)32-23-12-6-4-10-21(23)22-11-5-7-13-24(22)32/h1-16H. The minimum atomic E-state index is -0.666. The highest BCUT2D eigenvalue weighted by Crippen LogP contribution is 2.33. The van der Waals surface area contributed by atoms with Crippen molar-refractivity contribution in [3.05, 3.63) is 109 Å². The van der Waals surface area contributed by atoms with Gasteiger partial charge >= 0.3 is 0 Å². The fourth-order valence-electron chi connectivity index (χ4n) is 4.24. The van der Waals surface area contributed by atoms with Gasteiger partial charge in [-0.05, 0) is 24.3 Å². The molecule has 6 rings (SSSR count). The highest BCUT2D eigenvalue weighted by atomic mass is 19.1. The third-order valence-electron chi connectivity index (χ3n) is 5.56. The van der Waals surface area contributed by atoms with E-state index >= 15 is 0 Å². The van der Waals surface area contributed by atoms with Crippen LogP contribution in [0, 0.1) is 11.6 Å². The van der Waals surface area contributed by atoms with E-state index < -0.39 is 11.6 Å². The van der Waals surface area contributed by atoms with Gasteiger partial charge in [-0.25, -0.2) is 8.78 Å². The molecule has 0 saturated heterocycles. The first-order chi connectivity index (χ1) is 15.7. The molecule has 6 aromatic rings. The fraction of sp³-hybridized carbons (Fsp3) is 0. The maximum Gasteiger partial charge on any atom is 0.241 e. The fourth-order valence-corrected chi connectivity index (χ4v) is 4.24. The van der Waals surface area contributed by atoms with Gasteiger partial charge in [-0.3, -0.25) is 9.13 Å². The average molecular weight is 422 g/mol. The van der Waals surface area contributed by atoms with Gasteiger partial charge in [0.05, 0.1) is 16.7 Å². The zero-order chi connectivity index (χ0) is 21.7. The largest absolute Gasteiger partial charge is 0.278 e. The van der Waals surface area contributed by atoms with Crippen molar-refractivity contribution in [1.29, 1.82) is 0 Å². The zero-order valence-electron chi connectivity index (χ0n) is 16.8. The van der Waals surface area contributed by atoms with E-state index in [2.05, 4.69) is 22.3 Å². The molecule has 0 N–H and O–H groups in total. The molecular formula is C26H16F2N4. The van der Waals surface area contributed by atoms with Crippen molar-refractivity contribution < 1.29 is 8.78 Å². The number of fused-ring (bicyclic) bond motifs is 3. The van der Waals surface area contributed by atoms with E-state index in [1.807, 2.05) is 71.3 Å². The molecule has 0 bridgehead atoms.